The molecule has 1 atom stereocenters. The van der Waals surface area contributed by atoms with Crippen molar-refractivity contribution in [2.24, 2.45) is 0 Å². The number of fused-ring (bicyclic) bond motifs is 1. The summed E-state index contributed by atoms with van der Waals surface area (Å²) in [5.41, 5.74) is 3.15. The number of imidazole rings is 1. The minimum Gasteiger partial charge on any atom is -0.338 e. The predicted molar refractivity (Wildman–Crippen MR) is 97.4 cm³/mol. The van der Waals surface area contributed by atoms with Crippen molar-refractivity contribution in [2.45, 2.75) is 25.3 Å². The van der Waals surface area contributed by atoms with Crippen LogP contribution in [0.3, 0.4) is 0 Å². The Hall–Kier alpha value is -2.82. The van der Waals surface area contributed by atoms with Gasteiger partial charge in [-0.2, -0.15) is 0 Å². The lowest BCUT2D eigenvalue weighted by atomic mass is 10.1. The average Bonchev–Trinajstić information content (AvgIpc) is 3.29. The fraction of sp³-hybridized carbons (Fsp3) is 0.300. The van der Waals surface area contributed by atoms with E-state index in [-0.39, 0.29) is 12.1 Å². The molecule has 1 aliphatic rings. The lowest BCUT2D eigenvalue weighted by molar-refractivity contribution is 0.193. The molecule has 0 radical (unpaired) electrons. The first-order valence-corrected chi connectivity index (χ1v) is 8.83. The fourth-order valence-corrected chi connectivity index (χ4v) is 3.54. The topological polar surface area (TPSA) is 49.6 Å². The van der Waals surface area contributed by atoms with Crippen molar-refractivity contribution >= 4 is 11.7 Å². The van der Waals surface area contributed by atoms with Gasteiger partial charge in [0.1, 0.15) is 5.65 Å². The smallest absolute Gasteiger partial charge is 0.317 e. The molecule has 25 heavy (non-hydrogen) atoms. The Bertz CT molecular complexity index is 825. The van der Waals surface area contributed by atoms with Gasteiger partial charge in [-0.25, -0.2) is 9.78 Å². The van der Waals surface area contributed by atoms with Crippen LogP contribution in [0, 0.1) is 0 Å². The summed E-state index contributed by atoms with van der Waals surface area (Å²) in [6.45, 7) is 1.42. The van der Waals surface area contributed by atoms with Gasteiger partial charge in [0.05, 0.1) is 11.7 Å². The fourth-order valence-electron chi connectivity index (χ4n) is 3.54. The summed E-state index contributed by atoms with van der Waals surface area (Å²) < 4.78 is 2.00. The predicted octanol–water partition coefficient (Wildman–Crippen LogP) is 3.42. The molecule has 0 aliphatic carbocycles. The first kappa shape index (κ1) is 15.7. The molecule has 0 spiro atoms. The third-order valence-electron chi connectivity index (χ3n) is 4.77. The summed E-state index contributed by atoms with van der Waals surface area (Å²) in [5.74, 6) is 0. The van der Waals surface area contributed by atoms with Crippen LogP contribution < -0.4 is 5.32 Å². The van der Waals surface area contributed by atoms with Gasteiger partial charge in [-0.1, -0.05) is 36.4 Å². The molecule has 5 heteroatoms. The number of hydrogen-bond acceptors (Lipinski definition) is 2. The Labute approximate surface area is 147 Å². The van der Waals surface area contributed by atoms with E-state index in [0.717, 1.165) is 37.1 Å². The molecule has 1 aromatic carbocycles. The third-order valence-corrected chi connectivity index (χ3v) is 4.77. The number of aromatic nitrogens is 2. The van der Waals surface area contributed by atoms with Crippen LogP contribution in [-0.2, 0) is 6.42 Å². The van der Waals surface area contributed by atoms with Gasteiger partial charge in [0.25, 0.3) is 0 Å². The summed E-state index contributed by atoms with van der Waals surface area (Å²) in [6, 6.07) is 16.4. The Morgan fingerprint density at radius 1 is 1.16 bits per heavy atom. The van der Waals surface area contributed by atoms with Gasteiger partial charge in [-0.15, -0.1) is 0 Å². The number of amides is 2. The van der Waals surface area contributed by atoms with E-state index in [1.165, 1.54) is 5.56 Å². The minimum absolute atomic E-state index is 0.0233. The van der Waals surface area contributed by atoms with Crippen molar-refractivity contribution in [1.29, 1.82) is 0 Å². The number of likely N-dealkylation sites (tertiary alicyclic amines) is 1. The van der Waals surface area contributed by atoms with Crippen molar-refractivity contribution in [3.05, 3.63) is 72.2 Å². The molecular formula is C20H22N4O. The zero-order chi connectivity index (χ0) is 17.1. The van der Waals surface area contributed by atoms with Gasteiger partial charge < -0.3 is 14.6 Å². The number of nitrogens with one attached hydrogen (secondary N) is 1. The first-order valence-electron chi connectivity index (χ1n) is 8.83. The van der Waals surface area contributed by atoms with E-state index in [1.807, 2.05) is 58.1 Å². The van der Waals surface area contributed by atoms with E-state index >= 15 is 0 Å². The van der Waals surface area contributed by atoms with Crippen LogP contribution in [-0.4, -0.2) is 33.4 Å². The summed E-state index contributed by atoms with van der Waals surface area (Å²) in [6.07, 6.45) is 6.82. The number of carbonyl (C=O) groups is 1. The Balaban J connectivity index is 1.35. The molecule has 1 N–H and O–H groups in total. The second-order valence-electron chi connectivity index (χ2n) is 6.44. The number of nitrogens with zero attached hydrogens (tertiary/aromatic N) is 3. The standard InChI is InChI=1S/C20H22N4O/c25-20(24-14-6-9-18(24)16-7-2-1-3-8-16)21-12-11-17-15-23-13-5-4-10-19(23)22-17/h1-5,7-8,10,13,15,18H,6,9,11-12,14H2,(H,21,25)/t18-/m0/s1. The third kappa shape index (κ3) is 3.36. The van der Waals surface area contributed by atoms with Crippen molar-refractivity contribution in [1.82, 2.24) is 19.6 Å². The van der Waals surface area contributed by atoms with E-state index in [0.29, 0.717) is 6.54 Å². The molecule has 0 bridgehead atoms. The van der Waals surface area contributed by atoms with Crippen molar-refractivity contribution in [3.63, 3.8) is 0 Å². The maximum atomic E-state index is 12.6. The number of carbonyl (C=O) groups excluding carboxylic acids is 1. The lowest BCUT2D eigenvalue weighted by Gasteiger charge is -2.25. The van der Waals surface area contributed by atoms with Crippen LogP contribution in [0.2, 0.25) is 0 Å². The van der Waals surface area contributed by atoms with Gasteiger partial charge in [0.2, 0.25) is 0 Å². The highest BCUT2D eigenvalue weighted by molar-refractivity contribution is 5.75. The van der Waals surface area contributed by atoms with Gasteiger partial charge in [0.15, 0.2) is 0 Å². The van der Waals surface area contributed by atoms with E-state index in [4.69, 9.17) is 0 Å². The molecule has 3 heterocycles. The number of benzene rings is 1. The molecule has 128 valence electrons. The molecule has 0 unspecified atom stereocenters. The maximum Gasteiger partial charge on any atom is 0.317 e. The second kappa shape index (κ2) is 6.97. The summed E-state index contributed by atoms with van der Waals surface area (Å²) in [4.78, 5) is 19.1. The van der Waals surface area contributed by atoms with Crippen molar-refractivity contribution < 1.29 is 4.79 Å². The molecule has 0 saturated carbocycles. The van der Waals surface area contributed by atoms with Crippen LogP contribution in [0.4, 0.5) is 4.79 Å². The van der Waals surface area contributed by atoms with Gasteiger partial charge in [0, 0.05) is 31.9 Å². The Morgan fingerprint density at radius 3 is 2.84 bits per heavy atom. The number of urea groups is 1. The molecule has 3 aromatic rings. The molecule has 5 nitrogen and oxygen atoms in total. The minimum atomic E-state index is 0.0233. The molecule has 2 amide bonds. The summed E-state index contributed by atoms with van der Waals surface area (Å²) in [7, 11) is 0. The van der Waals surface area contributed by atoms with Crippen LogP contribution >= 0.6 is 0 Å². The Morgan fingerprint density at radius 2 is 2.00 bits per heavy atom. The number of hydrogen-bond donors (Lipinski definition) is 1. The zero-order valence-corrected chi connectivity index (χ0v) is 14.1. The molecule has 4 rings (SSSR count). The highest BCUT2D eigenvalue weighted by Gasteiger charge is 2.29. The van der Waals surface area contributed by atoms with Gasteiger partial charge in [-0.3, -0.25) is 0 Å². The highest BCUT2D eigenvalue weighted by atomic mass is 16.2. The van der Waals surface area contributed by atoms with E-state index in [2.05, 4.69) is 22.4 Å². The average molecular weight is 334 g/mol. The molecular weight excluding hydrogens is 312 g/mol. The van der Waals surface area contributed by atoms with E-state index in [1.54, 1.807) is 0 Å². The largest absolute Gasteiger partial charge is 0.338 e. The summed E-state index contributed by atoms with van der Waals surface area (Å²) >= 11 is 0. The maximum absolute atomic E-state index is 12.6. The molecule has 1 aliphatic heterocycles. The zero-order valence-electron chi connectivity index (χ0n) is 14.1. The van der Waals surface area contributed by atoms with Crippen molar-refractivity contribution in [3.8, 4) is 0 Å². The van der Waals surface area contributed by atoms with E-state index < -0.39 is 0 Å². The second-order valence-corrected chi connectivity index (χ2v) is 6.44. The van der Waals surface area contributed by atoms with Gasteiger partial charge in [-0.05, 0) is 30.5 Å². The van der Waals surface area contributed by atoms with Crippen LogP contribution in [0.5, 0.6) is 0 Å². The van der Waals surface area contributed by atoms with Crippen LogP contribution in [0.1, 0.15) is 30.1 Å². The number of pyridine rings is 1. The lowest BCUT2D eigenvalue weighted by Crippen LogP contribution is -2.40. The monoisotopic (exact) mass is 334 g/mol. The normalized spacial score (nSPS) is 17.1. The summed E-state index contributed by atoms with van der Waals surface area (Å²) in [5, 5.41) is 3.05. The molecule has 1 fully saturated rings. The Kier molecular flexibility index (Phi) is 4.37. The SMILES string of the molecule is O=C(NCCc1cn2ccccc2n1)N1CCC[C@H]1c1ccccc1. The highest BCUT2D eigenvalue weighted by Crippen LogP contribution is 2.31. The van der Waals surface area contributed by atoms with Gasteiger partial charge >= 0.3 is 6.03 Å². The van der Waals surface area contributed by atoms with Crippen molar-refractivity contribution in [2.75, 3.05) is 13.1 Å². The quantitative estimate of drug-likeness (QED) is 0.795. The molecule has 1 saturated heterocycles. The van der Waals surface area contributed by atoms with Crippen LogP contribution in [0.15, 0.2) is 60.9 Å². The first-order chi connectivity index (χ1) is 12.3. The van der Waals surface area contributed by atoms with E-state index in [9.17, 15) is 4.79 Å². The molecule has 2 aromatic heterocycles. The van der Waals surface area contributed by atoms with Crippen LogP contribution in [0.25, 0.3) is 5.65 Å². The number of rotatable bonds is 4.